The Morgan fingerprint density at radius 1 is 1.08 bits per heavy atom. The minimum atomic E-state index is -0.699. The molecule has 0 aliphatic heterocycles. The highest BCUT2D eigenvalue weighted by atomic mass is 16.5. The van der Waals surface area contributed by atoms with Crippen molar-refractivity contribution < 1.29 is 23.5 Å². The summed E-state index contributed by atoms with van der Waals surface area (Å²) in [5.41, 5.74) is 1.26. The number of rotatable bonds is 7. The maximum absolute atomic E-state index is 12.2. The molecule has 1 aromatic heterocycles. The van der Waals surface area contributed by atoms with Crippen LogP contribution < -0.4 is 0 Å². The molecule has 2 amide bonds. The van der Waals surface area contributed by atoms with E-state index in [1.54, 1.807) is 17.9 Å². The van der Waals surface area contributed by atoms with E-state index in [-0.39, 0.29) is 18.2 Å². The molecule has 0 saturated heterocycles. The number of likely N-dealkylation sites (N-methyl/N-ethyl adjacent to an activating group) is 2. The van der Waals surface area contributed by atoms with Crippen LogP contribution in [-0.4, -0.2) is 60.9 Å². The lowest BCUT2D eigenvalue weighted by Gasteiger charge is -2.23. The van der Waals surface area contributed by atoms with Gasteiger partial charge in [0.05, 0.1) is 6.54 Å². The molecule has 2 aromatic rings. The molecular weight excluding hydrogens is 336 g/mol. The van der Waals surface area contributed by atoms with Gasteiger partial charge in [0.2, 0.25) is 11.7 Å². The number of benzene rings is 1. The number of esters is 1. The number of nitrogens with zero attached hydrogens (tertiary/aromatic N) is 2. The van der Waals surface area contributed by atoms with Crippen molar-refractivity contribution >= 4 is 28.8 Å². The topological polar surface area (TPSA) is 80.1 Å². The Bertz CT molecular complexity index is 807. The smallest absolute Gasteiger partial charge is 0.375 e. The molecule has 1 aromatic carbocycles. The zero-order valence-electron chi connectivity index (χ0n) is 15.6. The van der Waals surface area contributed by atoms with Gasteiger partial charge in [0.25, 0.3) is 5.91 Å². The van der Waals surface area contributed by atoms with Gasteiger partial charge < -0.3 is 19.0 Å². The van der Waals surface area contributed by atoms with Gasteiger partial charge in [-0.2, -0.15) is 0 Å². The van der Waals surface area contributed by atoms with Crippen LogP contribution >= 0.6 is 0 Å². The first-order chi connectivity index (χ1) is 12.4. The van der Waals surface area contributed by atoms with Gasteiger partial charge in [-0.05, 0) is 26.8 Å². The highest BCUT2D eigenvalue weighted by Gasteiger charge is 2.22. The van der Waals surface area contributed by atoms with Crippen LogP contribution in [0.5, 0.6) is 0 Å². The second-order valence-corrected chi connectivity index (χ2v) is 5.94. The molecule has 7 heteroatoms. The van der Waals surface area contributed by atoms with E-state index >= 15 is 0 Å². The lowest BCUT2D eigenvalue weighted by atomic mass is 10.1. The molecule has 2 rings (SSSR count). The molecule has 140 valence electrons. The molecule has 0 aliphatic rings. The summed E-state index contributed by atoms with van der Waals surface area (Å²) < 4.78 is 10.6. The number of para-hydroxylation sites is 1. The van der Waals surface area contributed by atoms with E-state index in [1.807, 2.05) is 32.0 Å². The number of furan rings is 1. The van der Waals surface area contributed by atoms with Crippen LogP contribution in [0, 0.1) is 6.92 Å². The number of aryl methyl sites for hydroxylation is 1. The second-order valence-electron chi connectivity index (χ2n) is 5.94. The van der Waals surface area contributed by atoms with Crippen LogP contribution in [0.15, 0.2) is 28.7 Å². The zero-order chi connectivity index (χ0) is 19.3. The summed E-state index contributed by atoms with van der Waals surface area (Å²) in [5, 5.41) is 0.827. The van der Waals surface area contributed by atoms with Gasteiger partial charge in [-0.25, -0.2) is 4.79 Å². The van der Waals surface area contributed by atoms with Gasteiger partial charge in [0.15, 0.2) is 6.61 Å². The molecule has 0 spiro atoms. The van der Waals surface area contributed by atoms with Gasteiger partial charge in [0.1, 0.15) is 5.58 Å². The Hall–Kier alpha value is -2.83. The van der Waals surface area contributed by atoms with Crippen molar-refractivity contribution in [3.8, 4) is 0 Å². The fourth-order valence-corrected chi connectivity index (χ4v) is 2.64. The number of amides is 2. The number of hydrogen-bond donors (Lipinski definition) is 0. The highest BCUT2D eigenvalue weighted by Crippen LogP contribution is 2.25. The summed E-state index contributed by atoms with van der Waals surface area (Å²) in [4.78, 5) is 39.3. The fraction of sp³-hybridized carbons (Fsp3) is 0.421. The van der Waals surface area contributed by atoms with Gasteiger partial charge >= 0.3 is 5.97 Å². The van der Waals surface area contributed by atoms with Crippen molar-refractivity contribution in [1.29, 1.82) is 0 Å². The third kappa shape index (κ3) is 4.22. The molecule has 0 atom stereocenters. The first-order valence-corrected chi connectivity index (χ1v) is 8.56. The average molecular weight is 360 g/mol. The molecule has 0 radical (unpaired) electrons. The lowest BCUT2D eigenvalue weighted by Crippen LogP contribution is -2.42. The summed E-state index contributed by atoms with van der Waals surface area (Å²) in [7, 11) is 1.50. The Labute approximate surface area is 152 Å². The molecule has 0 bridgehead atoms. The number of ether oxygens (including phenoxy) is 1. The van der Waals surface area contributed by atoms with Gasteiger partial charge in [-0.3, -0.25) is 9.59 Å². The highest BCUT2D eigenvalue weighted by molar-refractivity contribution is 5.96. The van der Waals surface area contributed by atoms with E-state index in [2.05, 4.69) is 0 Å². The van der Waals surface area contributed by atoms with Crippen molar-refractivity contribution in [2.75, 3.05) is 33.3 Å². The van der Waals surface area contributed by atoms with Crippen molar-refractivity contribution in [1.82, 2.24) is 9.80 Å². The number of fused-ring (bicyclic) bond motifs is 1. The second kappa shape index (κ2) is 8.51. The Kier molecular flexibility index (Phi) is 6.38. The third-order valence-electron chi connectivity index (χ3n) is 4.27. The number of carbonyl (C=O) groups excluding carboxylic acids is 3. The quantitative estimate of drug-likeness (QED) is 0.708. The first kappa shape index (κ1) is 19.5. The van der Waals surface area contributed by atoms with E-state index < -0.39 is 18.5 Å². The normalized spacial score (nSPS) is 10.6. The van der Waals surface area contributed by atoms with E-state index in [1.165, 1.54) is 11.9 Å². The Morgan fingerprint density at radius 2 is 1.73 bits per heavy atom. The van der Waals surface area contributed by atoms with Crippen LogP contribution in [-0.2, 0) is 14.3 Å². The Morgan fingerprint density at radius 3 is 2.35 bits per heavy atom. The van der Waals surface area contributed by atoms with Crippen LogP contribution in [0.3, 0.4) is 0 Å². The van der Waals surface area contributed by atoms with Crippen molar-refractivity contribution in [3.05, 3.63) is 35.6 Å². The zero-order valence-corrected chi connectivity index (χ0v) is 15.6. The number of hydrogen-bond acceptors (Lipinski definition) is 5. The summed E-state index contributed by atoms with van der Waals surface area (Å²) in [6.07, 6.45) is 0. The third-order valence-corrected chi connectivity index (χ3v) is 4.27. The first-order valence-electron chi connectivity index (χ1n) is 8.56. The molecule has 0 unspecified atom stereocenters. The molecule has 0 saturated carbocycles. The SMILES string of the molecule is CCN(CC)C(=O)CN(C)C(=O)COC(=O)c1oc2ccccc2c1C. The molecule has 7 nitrogen and oxygen atoms in total. The van der Waals surface area contributed by atoms with Crippen LogP contribution in [0.25, 0.3) is 11.0 Å². The van der Waals surface area contributed by atoms with Gasteiger partial charge in [0, 0.05) is 31.1 Å². The maximum atomic E-state index is 12.2. The minimum Gasteiger partial charge on any atom is -0.450 e. The molecule has 26 heavy (non-hydrogen) atoms. The summed E-state index contributed by atoms with van der Waals surface area (Å²) >= 11 is 0. The van der Waals surface area contributed by atoms with Crippen molar-refractivity contribution in [2.24, 2.45) is 0 Å². The molecule has 0 fully saturated rings. The Balaban J connectivity index is 1.94. The van der Waals surface area contributed by atoms with E-state index in [4.69, 9.17) is 9.15 Å². The monoisotopic (exact) mass is 360 g/mol. The van der Waals surface area contributed by atoms with Crippen LogP contribution in [0.2, 0.25) is 0 Å². The molecule has 0 N–H and O–H groups in total. The van der Waals surface area contributed by atoms with Crippen LogP contribution in [0.4, 0.5) is 0 Å². The maximum Gasteiger partial charge on any atom is 0.375 e. The predicted molar refractivity (Wildman–Crippen MR) is 96.8 cm³/mol. The standard InChI is InChI=1S/C19H24N2O5/c1-5-21(6-2)16(22)11-20(4)17(23)12-25-19(24)18-13(3)14-9-7-8-10-15(14)26-18/h7-10H,5-6,11-12H2,1-4H3. The molecule has 1 heterocycles. The lowest BCUT2D eigenvalue weighted by molar-refractivity contribution is -0.140. The number of carbonyl (C=O) groups is 3. The average Bonchev–Trinajstić information content (AvgIpc) is 2.97. The molecular formula is C19H24N2O5. The summed E-state index contributed by atoms with van der Waals surface area (Å²) in [6.45, 7) is 6.18. The van der Waals surface area contributed by atoms with E-state index in [0.717, 1.165) is 5.39 Å². The van der Waals surface area contributed by atoms with Gasteiger partial charge in [-0.1, -0.05) is 18.2 Å². The van der Waals surface area contributed by atoms with Gasteiger partial charge in [-0.15, -0.1) is 0 Å². The largest absolute Gasteiger partial charge is 0.450 e. The fourth-order valence-electron chi connectivity index (χ4n) is 2.64. The van der Waals surface area contributed by atoms with E-state index in [0.29, 0.717) is 24.2 Å². The summed E-state index contributed by atoms with van der Waals surface area (Å²) in [6, 6.07) is 7.27. The molecule has 0 aliphatic carbocycles. The summed E-state index contributed by atoms with van der Waals surface area (Å²) in [5.74, 6) is -1.21. The predicted octanol–water partition coefficient (Wildman–Crippen LogP) is 2.22. The van der Waals surface area contributed by atoms with Crippen LogP contribution in [0.1, 0.15) is 30.0 Å². The van der Waals surface area contributed by atoms with Crippen molar-refractivity contribution in [2.45, 2.75) is 20.8 Å². The van der Waals surface area contributed by atoms with Crippen molar-refractivity contribution in [3.63, 3.8) is 0 Å². The van der Waals surface area contributed by atoms with E-state index in [9.17, 15) is 14.4 Å². The minimum absolute atomic E-state index is 0.0538.